The van der Waals surface area contributed by atoms with Crippen molar-refractivity contribution in [1.29, 1.82) is 0 Å². The monoisotopic (exact) mass is 1030 g/mol. The fraction of sp³-hybridized carbons (Fsp3) is 0.750. The Labute approximate surface area is 433 Å². The number of esters is 2. The Morgan fingerprint density at radius 3 is 2.21 bits per heavy atom. The van der Waals surface area contributed by atoms with Crippen LogP contribution in [0.3, 0.4) is 0 Å². The maximum atomic E-state index is 14.5. The van der Waals surface area contributed by atoms with E-state index in [1.807, 2.05) is 51.2 Å². The summed E-state index contributed by atoms with van der Waals surface area (Å²) in [5.41, 5.74) is -0.277. The van der Waals surface area contributed by atoms with Gasteiger partial charge in [0.15, 0.2) is 5.78 Å². The van der Waals surface area contributed by atoms with Crippen LogP contribution in [0.2, 0.25) is 0 Å². The standard InChI is InChI=1S/C56H87NO16/c1-33-17-13-12-14-18-34(2)45(68-9)29-41-22-20-39(7)56(67,73-41)51(63)52(64)57-24-16-15-19-42(57)53(65)71-46(30-43(60)35(3)26-38(6)49(62)50(70-11)48(61)37(5)25-33)36(4)27-40-21-23-44(47(28-40)69-10)72-54(66)55(8,31-58)32-59/h12-14,17-18,26,33,35-37,39-42,44-47,49-50,58-59,62,67H,15-16,19-25,27-32H2,1-11H3/t33-,35-,36-,37-,39-,40-,41+,42+,44-,45+,46+,47-,49-,50+,56-/m1/s1. The number of cyclic esters (lactones) is 1. The number of ketones is 3. The minimum atomic E-state index is -2.47. The Kier molecular flexibility index (Phi) is 23.9. The van der Waals surface area contributed by atoms with Crippen LogP contribution >= 0.6 is 0 Å². The van der Waals surface area contributed by atoms with Gasteiger partial charge in [-0.2, -0.15) is 0 Å². The van der Waals surface area contributed by atoms with Gasteiger partial charge in [-0.15, -0.1) is 0 Å². The second-order valence-electron chi connectivity index (χ2n) is 21.8. The van der Waals surface area contributed by atoms with Crippen molar-refractivity contribution in [2.75, 3.05) is 41.1 Å². The van der Waals surface area contributed by atoms with E-state index < -0.39 is 120 Å². The predicted molar refractivity (Wildman–Crippen MR) is 271 cm³/mol. The largest absolute Gasteiger partial charge is 0.460 e. The quantitative estimate of drug-likeness (QED) is 0.116. The van der Waals surface area contributed by atoms with E-state index in [9.17, 15) is 49.2 Å². The summed E-state index contributed by atoms with van der Waals surface area (Å²) in [4.78, 5) is 85.4. The van der Waals surface area contributed by atoms with Crippen LogP contribution in [0.15, 0.2) is 47.6 Å². The van der Waals surface area contributed by atoms with Gasteiger partial charge in [0.1, 0.15) is 41.7 Å². The second kappa shape index (κ2) is 28.3. The molecular weight excluding hydrogens is 943 g/mol. The van der Waals surface area contributed by atoms with Crippen LogP contribution in [0, 0.1) is 40.9 Å². The molecule has 0 radical (unpaired) electrons. The fourth-order valence-electron chi connectivity index (χ4n) is 10.7. The number of Topliss-reactive ketones (excluding diaryl/α,β-unsaturated/α-hetero) is 3. The molecule has 4 aliphatic rings. The molecule has 17 heteroatoms. The Hall–Kier alpha value is -3.94. The lowest BCUT2D eigenvalue weighted by atomic mass is 9.78. The van der Waals surface area contributed by atoms with E-state index in [1.54, 1.807) is 40.9 Å². The number of aliphatic hydroxyl groups excluding tert-OH is 3. The first kappa shape index (κ1) is 61.6. The van der Waals surface area contributed by atoms with Crippen molar-refractivity contribution in [3.63, 3.8) is 0 Å². The number of ether oxygens (including phenoxy) is 6. The number of piperidine rings is 1. The topological polar surface area (TPSA) is 242 Å². The number of carbonyl (C=O) groups excluding carboxylic acids is 6. The lowest BCUT2D eigenvalue weighted by molar-refractivity contribution is -0.265. The molecule has 1 aliphatic carbocycles. The van der Waals surface area contributed by atoms with E-state index in [4.69, 9.17) is 28.4 Å². The molecule has 3 fully saturated rings. The minimum absolute atomic E-state index is 0.00697. The lowest BCUT2D eigenvalue weighted by Crippen LogP contribution is -2.61. The molecule has 15 atom stereocenters. The third-order valence-corrected chi connectivity index (χ3v) is 15.9. The van der Waals surface area contributed by atoms with Crippen LogP contribution < -0.4 is 0 Å². The Bertz CT molecular complexity index is 2010. The number of allylic oxidation sites excluding steroid dienone is 6. The zero-order chi connectivity index (χ0) is 54.4. The van der Waals surface area contributed by atoms with Crippen LogP contribution in [-0.4, -0.2) is 156 Å². The molecule has 1 saturated carbocycles. The summed E-state index contributed by atoms with van der Waals surface area (Å²) in [6, 6.07) is -1.20. The molecule has 73 heavy (non-hydrogen) atoms. The van der Waals surface area contributed by atoms with Crippen LogP contribution in [0.4, 0.5) is 0 Å². The molecular formula is C56H87NO16. The fourth-order valence-corrected chi connectivity index (χ4v) is 10.7. The second-order valence-corrected chi connectivity index (χ2v) is 21.8. The third-order valence-electron chi connectivity index (χ3n) is 15.9. The molecule has 0 spiro atoms. The molecule has 0 unspecified atom stereocenters. The first-order valence-corrected chi connectivity index (χ1v) is 26.4. The Morgan fingerprint density at radius 1 is 0.863 bits per heavy atom. The van der Waals surface area contributed by atoms with Gasteiger partial charge in [-0.3, -0.25) is 24.0 Å². The highest BCUT2D eigenvalue weighted by Crippen LogP contribution is 2.38. The van der Waals surface area contributed by atoms with Crippen molar-refractivity contribution in [3.05, 3.63) is 47.6 Å². The summed E-state index contributed by atoms with van der Waals surface area (Å²) < 4.78 is 35.4. The van der Waals surface area contributed by atoms with Gasteiger partial charge in [0.2, 0.25) is 5.79 Å². The van der Waals surface area contributed by atoms with E-state index in [0.717, 1.165) is 10.5 Å². The number of aliphatic hydroxyl groups is 4. The normalized spacial score (nSPS) is 35.1. The molecule has 0 aromatic rings. The molecule has 17 nitrogen and oxygen atoms in total. The molecule has 4 rings (SSSR count). The molecule has 1 amide bonds. The van der Waals surface area contributed by atoms with Crippen molar-refractivity contribution >= 4 is 35.2 Å². The molecule has 0 aromatic heterocycles. The van der Waals surface area contributed by atoms with Gasteiger partial charge in [0.05, 0.1) is 31.5 Å². The molecule has 3 aliphatic heterocycles. The molecule has 4 N–H and O–H groups in total. The van der Waals surface area contributed by atoms with E-state index >= 15 is 0 Å². The number of nitrogens with zero attached hydrogens (tertiary/aromatic N) is 1. The third kappa shape index (κ3) is 16.0. The number of hydrogen-bond donors (Lipinski definition) is 4. The van der Waals surface area contributed by atoms with Gasteiger partial charge in [0.25, 0.3) is 11.7 Å². The Balaban J connectivity index is 1.69. The van der Waals surface area contributed by atoms with Crippen molar-refractivity contribution in [2.45, 2.75) is 187 Å². The number of amides is 1. The highest BCUT2D eigenvalue weighted by molar-refractivity contribution is 6.39. The zero-order valence-electron chi connectivity index (χ0n) is 45.3. The first-order valence-electron chi connectivity index (χ1n) is 26.4. The smallest absolute Gasteiger partial charge is 0.329 e. The number of carbonyl (C=O) groups is 6. The van der Waals surface area contributed by atoms with Crippen LogP contribution in [0.1, 0.15) is 132 Å². The molecule has 2 saturated heterocycles. The lowest BCUT2D eigenvalue weighted by Gasteiger charge is -2.42. The van der Waals surface area contributed by atoms with E-state index in [0.29, 0.717) is 69.8 Å². The number of methoxy groups -OCH3 is 3. The van der Waals surface area contributed by atoms with E-state index in [2.05, 4.69) is 0 Å². The van der Waals surface area contributed by atoms with Gasteiger partial charge in [-0.25, -0.2) is 4.79 Å². The van der Waals surface area contributed by atoms with Gasteiger partial charge in [0, 0.05) is 58.5 Å². The Morgan fingerprint density at radius 2 is 1.56 bits per heavy atom. The van der Waals surface area contributed by atoms with Gasteiger partial charge < -0.3 is 53.7 Å². The van der Waals surface area contributed by atoms with Gasteiger partial charge in [-0.05, 0) is 114 Å². The van der Waals surface area contributed by atoms with E-state index in [1.165, 1.54) is 21.1 Å². The zero-order valence-corrected chi connectivity index (χ0v) is 45.3. The summed E-state index contributed by atoms with van der Waals surface area (Å²) in [6.45, 7) is 12.7. The summed E-state index contributed by atoms with van der Waals surface area (Å²) >= 11 is 0. The highest BCUT2D eigenvalue weighted by atomic mass is 16.6. The van der Waals surface area contributed by atoms with Crippen LogP contribution in [0.5, 0.6) is 0 Å². The van der Waals surface area contributed by atoms with Crippen molar-refractivity contribution < 1.29 is 77.6 Å². The van der Waals surface area contributed by atoms with Crippen LogP contribution in [-0.2, 0) is 57.2 Å². The summed E-state index contributed by atoms with van der Waals surface area (Å²) in [7, 11) is 4.43. The number of fused-ring (bicyclic) bond motifs is 3. The predicted octanol–water partition coefficient (Wildman–Crippen LogP) is 5.72. The maximum absolute atomic E-state index is 14.5. The molecule has 0 aromatic carbocycles. The average Bonchev–Trinajstić information content (AvgIpc) is 3.37. The van der Waals surface area contributed by atoms with Crippen molar-refractivity contribution in [2.24, 2.45) is 40.9 Å². The van der Waals surface area contributed by atoms with Crippen molar-refractivity contribution in [3.8, 4) is 0 Å². The summed E-state index contributed by atoms with van der Waals surface area (Å²) in [5, 5.41) is 43.1. The van der Waals surface area contributed by atoms with Crippen LogP contribution in [0.25, 0.3) is 0 Å². The number of hydrogen-bond acceptors (Lipinski definition) is 16. The first-order chi connectivity index (χ1) is 34.5. The average molecular weight is 1030 g/mol. The molecule has 3 heterocycles. The minimum Gasteiger partial charge on any atom is -0.460 e. The van der Waals surface area contributed by atoms with E-state index in [-0.39, 0.29) is 42.8 Å². The van der Waals surface area contributed by atoms with Gasteiger partial charge in [-0.1, -0.05) is 71.1 Å². The molecule has 2 bridgehead atoms. The van der Waals surface area contributed by atoms with Gasteiger partial charge >= 0.3 is 11.9 Å². The number of rotatable bonds is 10. The summed E-state index contributed by atoms with van der Waals surface area (Å²) in [6.07, 6.45) is 9.76. The maximum Gasteiger partial charge on any atom is 0.329 e. The van der Waals surface area contributed by atoms with Crippen molar-refractivity contribution in [1.82, 2.24) is 4.90 Å². The summed E-state index contributed by atoms with van der Waals surface area (Å²) in [5.74, 6) is -9.36. The highest BCUT2D eigenvalue weighted by Gasteiger charge is 2.53. The SMILES string of the molecule is CO[C@H]1C[C@@H]2CC[C@@H](C)[C@@](O)(O2)C(=O)C(=O)N2CCCC[C@H]2C(=O)O[C@H]([C@H](C)C[C@H]2CC[C@@H](OC(=O)C(C)(CO)CO)[C@H](OC)C2)CC(=O)[C@H](C)C=C(C)[C@@H](O)[C@@H](OC)C(=O)[C@H](C)C[C@H](C)C=CC=CC=C1C. The molecule has 412 valence electrons.